The lowest BCUT2D eigenvalue weighted by Crippen LogP contribution is -2.29. The standard InChI is InChI=1S/C11H20ClN3O/c1-4-5-13-7-9(16)6-10-8(2)14-15(3)11(10)12/h9,13,16H,4-7H2,1-3H3. The Hall–Kier alpha value is -0.580. The number of rotatable bonds is 6. The average molecular weight is 246 g/mol. The van der Waals surface area contributed by atoms with E-state index in [0.29, 0.717) is 18.1 Å². The summed E-state index contributed by atoms with van der Waals surface area (Å²) in [4.78, 5) is 0. The SMILES string of the molecule is CCCNCC(O)Cc1c(C)nn(C)c1Cl. The third-order valence-electron chi connectivity index (χ3n) is 2.52. The van der Waals surface area contributed by atoms with Crippen molar-refractivity contribution in [1.82, 2.24) is 15.1 Å². The van der Waals surface area contributed by atoms with Crippen LogP contribution in [0.25, 0.3) is 0 Å². The fourth-order valence-corrected chi connectivity index (χ4v) is 1.91. The van der Waals surface area contributed by atoms with E-state index >= 15 is 0 Å². The molecular formula is C11H20ClN3O. The van der Waals surface area contributed by atoms with Crippen molar-refractivity contribution < 1.29 is 5.11 Å². The van der Waals surface area contributed by atoms with E-state index in [9.17, 15) is 5.11 Å². The second-order valence-corrected chi connectivity index (χ2v) is 4.40. The number of halogens is 1. The van der Waals surface area contributed by atoms with Gasteiger partial charge < -0.3 is 10.4 Å². The first kappa shape index (κ1) is 13.5. The van der Waals surface area contributed by atoms with E-state index in [1.165, 1.54) is 0 Å². The van der Waals surface area contributed by atoms with Crippen LogP contribution >= 0.6 is 11.6 Å². The normalized spacial score (nSPS) is 13.1. The molecule has 0 spiro atoms. The number of aryl methyl sites for hydroxylation is 2. The summed E-state index contributed by atoms with van der Waals surface area (Å²) in [6, 6.07) is 0. The lowest BCUT2D eigenvalue weighted by atomic mass is 10.1. The second-order valence-electron chi connectivity index (χ2n) is 4.04. The van der Waals surface area contributed by atoms with Crippen molar-refractivity contribution in [2.75, 3.05) is 13.1 Å². The monoisotopic (exact) mass is 245 g/mol. The van der Waals surface area contributed by atoms with E-state index in [-0.39, 0.29) is 0 Å². The predicted molar refractivity (Wildman–Crippen MR) is 65.8 cm³/mol. The predicted octanol–water partition coefficient (Wildman–Crippen LogP) is 1.28. The van der Waals surface area contributed by atoms with Crippen molar-refractivity contribution in [1.29, 1.82) is 0 Å². The van der Waals surface area contributed by atoms with E-state index in [2.05, 4.69) is 17.3 Å². The van der Waals surface area contributed by atoms with E-state index in [1.807, 2.05) is 6.92 Å². The number of hydrogen-bond donors (Lipinski definition) is 2. The Morgan fingerprint density at radius 3 is 2.75 bits per heavy atom. The molecule has 0 saturated heterocycles. The molecular weight excluding hydrogens is 226 g/mol. The third-order valence-corrected chi connectivity index (χ3v) is 2.99. The number of hydrogen-bond acceptors (Lipinski definition) is 3. The Labute approximate surface area is 102 Å². The van der Waals surface area contributed by atoms with Gasteiger partial charge in [-0.25, -0.2) is 0 Å². The number of nitrogens with zero attached hydrogens (tertiary/aromatic N) is 2. The Morgan fingerprint density at radius 2 is 2.25 bits per heavy atom. The van der Waals surface area contributed by atoms with Crippen LogP contribution in [0, 0.1) is 6.92 Å². The summed E-state index contributed by atoms with van der Waals surface area (Å²) >= 11 is 6.09. The fraction of sp³-hybridized carbons (Fsp3) is 0.727. The van der Waals surface area contributed by atoms with Gasteiger partial charge in [-0.15, -0.1) is 0 Å². The molecule has 4 nitrogen and oxygen atoms in total. The van der Waals surface area contributed by atoms with Gasteiger partial charge in [0, 0.05) is 25.6 Å². The molecule has 2 N–H and O–H groups in total. The summed E-state index contributed by atoms with van der Waals surface area (Å²) in [5.74, 6) is 0. The van der Waals surface area contributed by atoms with Gasteiger partial charge in [0.05, 0.1) is 11.8 Å². The molecule has 0 radical (unpaired) electrons. The molecule has 0 aromatic carbocycles. The summed E-state index contributed by atoms with van der Waals surface area (Å²) in [5.41, 5.74) is 1.83. The molecule has 1 aromatic rings. The topological polar surface area (TPSA) is 50.1 Å². The van der Waals surface area contributed by atoms with Gasteiger partial charge >= 0.3 is 0 Å². The van der Waals surface area contributed by atoms with Crippen molar-refractivity contribution in [3.63, 3.8) is 0 Å². The van der Waals surface area contributed by atoms with Crippen molar-refractivity contribution in [2.24, 2.45) is 7.05 Å². The molecule has 1 aromatic heterocycles. The lowest BCUT2D eigenvalue weighted by molar-refractivity contribution is 0.172. The summed E-state index contributed by atoms with van der Waals surface area (Å²) in [6.45, 7) is 5.53. The molecule has 0 bridgehead atoms. The summed E-state index contributed by atoms with van der Waals surface area (Å²) < 4.78 is 1.64. The maximum Gasteiger partial charge on any atom is 0.130 e. The zero-order valence-electron chi connectivity index (χ0n) is 10.1. The Bertz CT molecular complexity index is 338. The van der Waals surface area contributed by atoms with Gasteiger partial charge in [-0.2, -0.15) is 5.10 Å². The molecule has 5 heteroatoms. The van der Waals surface area contributed by atoms with E-state index in [0.717, 1.165) is 24.2 Å². The van der Waals surface area contributed by atoms with Crippen molar-refractivity contribution in [3.05, 3.63) is 16.4 Å². The molecule has 16 heavy (non-hydrogen) atoms. The molecule has 92 valence electrons. The summed E-state index contributed by atoms with van der Waals surface area (Å²) in [6.07, 6.45) is 1.21. The lowest BCUT2D eigenvalue weighted by Gasteiger charge is -2.11. The van der Waals surface area contributed by atoms with Crippen LogP contribution < -0.4 is 5.32 Å². The fourth-order valence-electron chi connectivity index (χ4n) is 1.66. The number of aliphatic hydroxyl groups is 1. The minimum absolute atomic E-state index is 0.410. The van der Waals surface area contributed by atoms with Crippen LogP contribution in [0.4, 0.5) is 0 Å². The van der Waals surface area contributed by atoms with Crippen LogP contribution in [0.2, 0.25) is 5.15 Å². The molecule has 0 saturated carbocycles. The van der Waals surface area contributed by atoms with Gasteiger partial charge in [0.1, 0.15) is 5.15 Å². The molecule has 1 rings (SSSR count). The first-order valence-electron chi connectivity index (χ1n) is 5.63. The van der Waals surface area contributed by atoms with Crippen LogP contribution in [-0.4, -0.2) is 34.1 Å². The van der Waals surface area contributed by atoms with Crippen LogP contribution in [-0.2, 0) is 13.5 Å². The third kappa shape index (κ3) is 3.47. The minimum Gasteiger partial charge on any atom is -0.391 e. The largest absolute Gasteiger partial charge is 0.391 e. The quantitative estimate of drug-likeness (QED) is 0.743. The van der Waals surface area contributed by atoms with Gasteiger partial charge in [0.25, 0.3) is 0 Å². The summed E-state index contributed by atoms with van der Waals surface area (Å²) in [7, 11) is 1.81. The highest BCUT2D eigenvalue weighted by Crippen LogP contribution is 2.19. The smallest absolute Gasteiger partial charge is 0.130 e. The Kier molecular flexibility index (Phi) is 5.25. The second kappa shape index (κ2) is 6.23. The van der Waals surface area contributed by atoms with Crippen molar-refractivity contribution in [2.45, 2.75) is 32.8 Å². The molecule has 0 aliphatic heterocycles. The Morgan fingerprint density at radius 1 is 1.56 bits per heavy atom. The van der Waals surface area contributed by atoms with E-state index < -0.39 is 6.10 Å². The first-order valence-corrected chi connectivity index (χ1v) is 6.00. The first-order chi connectivity index (χ1) is 7.56. The van der Waals surface area contributed by atoms with Gasteiger partial charge in [0.2, 0.25) is 0 Å². The van der Waals surface area contributed by atoms with Crippen LogP contribution in [0.1, 0.15) is 24.6 Å². The zero-order chi connectivity index (χ0) is 12.1. The van der Waals surface area contributed by atoms with Crippen molar-refractivity contribution in [3.8, 4) is 0 Å². The van der Waals surface area contributed by atoms with Gasteiger partial charge in [-0.05, 0) is 19.9 Å². The number of aliphatic hydroxyl groups excluding tert-OH is 1. The highest BCUT2D eigenvalue weighted by molar-refractivity contribution is 6.30. The molecule has 1 unspecified atom stereocenters. The van der Waals surface area contributed by atoms with Crippen molar-refractivity contribution >= 4 is 11.6 Å². The van der Waals surface area contributed by atoms with Crippen LogP contribution in [0.3, 0.4) is 0 Å². The van der Waals surface area contributed by atoms with Crippen LogP contribution in [0.5, 0.6) is 0 Å². The minimum atomic E-state index is -0.410. The average Bonchev–Trinajstić information content (AvgIpc) is 2.46. The van der Waals surface area contributed by atoms with E-state index in [4.69, 9.17) is 11.6 Å². The number of aromatic nitrogens is 2. The highest BCUT2D eigenvalue weighted by atomic mass is 35.5. The maximum atomic E-state index is 9.83. The van der Waals surface area contributed by atoms with Gasteiger partial charge in [-0.3, -0.25) is 4.68 Å². The van der Waals surface area contributed by atoms with Gasteiger partial charge in [0.15, 0.2) is 0 Å². The van der Waals surface area contributed by atoms with E-state index in [1.54, 1.807) is 11.7 Å². The summed E-state index contributed by atoms with van der Waals surface area (Å²) in [5, 5.41) is 17.8. The number of nitrogens with one attached hydrogen (secondary N) is 1. The molecule has 0 fully saturated rings. The zero-order valence-corrected chi connectivity index (χ0v) is 10.9. The Balaban J connectivity index is 2.52. The van der Waals surface area contributed by atoms with Gasteiger partial charge in [-0.1, -0.05) is 18.5 Å². The molecule has 0 aliphatic rings. The maximum absolute atomic E-state index is 9.83. The molecule has 0 aliphatic carbocycles. The molecule has 1 atom stereocenters. The molecule has 1 heterocycles. The molecule has 0 amide bonds. The van der Waals surface area contributed by atoms with Crippen LogP contribution in [0.15, 0.2) is 0 Å². The highest BCUT2D eigenvalue weighted by Gasteiger charge is 2.14.